The molecule has 0 bridgehead atoms. The number of aromatic amines is 1. The third kappa shape index (κ3) is 6.79. The van der Waals surface area contributed by atoms with Crippen LogP contribution in [0.1, 0.15) is 40.2 Å². The molecule has 3 rings (SSSR count). The zero-order valence-corrected chi connectivity index (χ0v) is 22.5. The van der Waals surface area contributed by atoms with E-state index in [9.17, 15) is 28.2 Å². The van der Waals surface area contributed by atoms with Crippen molar-refractivity contribution in [3.8, 4) is 0 Å². The fraction of sp³-hybridized carbons (Fsp3) is 0.462. The van der Waals surface area contributed by atoms with Crippen molar-refractivity contribution < 1.29 is 27.8 Å². The van der Waals surface area contributed by atoms with Crippen LogP contribution in [0.15, 0.2) is 62.6 Å². The number of rotatable bonds is 10. The average molecular weight is 534 g/mol. The molecule has 37 heavy (non-hydrogen) atoms. The highest BCUT2D eigenvalue weighted by molar-refractivity contribution is 7.89. The van der Waals surface area contributed by atoms with Gasteiger partial charge in [-0.15, -0.1) is 0 Å². The van der Waals surface area contributed by atoms with E-state index in [1.807, 2.05) is 44.2 Å². The Kier molecular flexibility index (Phi) is 8.51. The second kappa shape index (κ2) is 11.1. The van der Waals surface area contributed by atoms with Crippen molar-refractivity contribution in [2.45, 2.75) is 63.6 Å². The average Bonchev–Trinajstić information content (AvgIpc) is 3.16. The number of amides is 1. The molecule has 0 fully saturated rings. The molecule has 3 N–H and O–H groups in total. The summed E-state index contributed by atoms with van der Waals surface area (Å²) in [6, 6.07) is 12.3. The number of benzene rings is 2. The summed E-state index contributed by atoms with van der Waals surface area (Å²) < 4.78 is 33.6. The van der Waals surface area contributed by atoms with Crippen molar-refractivity contribution in [3.63, 3.8) is 0 Å². The van der Waals surface area contributed by atoms with Gasteiger partial charge in [-0.25, -0.2) is 18.0 Å². The second-order valence-electron chi connectivity index (χ2n) is 10.5. The van der Waals surface area contributed by atoms with E-state index >= 15 is 0 Å². The lowest BCUT2D eigenvalue weighted by atomic mass is 9.94. The van der Waals surface area contributed by atoms with Crippen LogP contribution in [0, 0.1) is 5.92 Å². The van der Waals surface area contributed by atoms with Gasteiger partial charge in [0.1, 0.15) is 0 Å². The number of carboxylic acid groups (broad SMARTS) is 1. The summed E-state index contributed by atoms with van der Waals surface area (Å²) in [5.41, 5.74) is 0.422. The van der Waals surface area contributed by atoms with Crippen LogP contribution in [0.3, 0.4) is 0 Å². The van der Waals surface area contributed by atoms with E-state index in [2.05, 4.69) is 4.98 Å². The van der Waals surface area contributed by atoms with E-state index in [-0.39, 0.29) is 35.9 Å². The van der Waals surface area contributed by atoms with E-state index in [0.29, 0.717) is 5.52 Å². The van der Waals surface area contributed by atoms with E-state index in [1.165, 1.54) is 23.1 Å². The number of aliphatic hydroxyl groups is 1. The van der Waals surface area contributed by atoms with Crippen LogP contribution < -0.4 is 5.76 Å². The van der Waals surface area contributed by atoms with Crippen LogP contribution in [0.4, 0.5) is 4.79 Å². The molecular weight excluding hydrogens is 498 g/mol. The molecule has 1 amide bonds. The topological polar surface area (TPSA) is 144 Å². The predicted octanol–water partition coefficient (Wildman–Crippen LogP) is 3.52. The molecule has 0 aliphatic rings. The maximum absolute atomic E-state index is 13.7. The first-order chi connectivity index (χ1) is 17.2. The number of oxazole rings is 1. The molecule has 202 valence electrons. The van der Waals surface area contributed by atoms with Crippen molar-refractivity contribution in [3.05, 3.63) is 64.6 Å². The van der Waals surface area contributed by atoms with Crippen molar-refractivity contribution in [1.29, 1.82) is 0 Å². The van der Waals surface area contributed by atoms with Gasteiger partial charge >= 0.3 is 11.8 Å². The minimum absolute atomic E-state index is 0.0818. The monoisotopic (exact) mass is 533 g/mol. The molecule has 1 heterocycles. The van der Waals surface area contributed by atoms with Crippen molar-refractivity contribution >= 4 is 27.2 Å². The molecule has 0 aliphatic carbocycles. The molecule has 0 saturated heterocycles. The quantitative estimate of drug-likeness (QED) is 0.362. The number of sulfonamides is 1. The summed E-state index contributed by atoms with van der Waals surface area (Å²) in [5.74, 6) is -0.777. The highest BCUT2D eigenvalue weighted by atomic mass is 32.2. The molecule has 0 radical (unpaired) electrons. The minimum atomic E-state index is -4.13. The third-order valence-corrected chi connectivity index (χ3v) is 7.81. The van der Waals surface area contributed by atoms with Crippen LogP contribution in [-0.2, 0) is 16.4 Å². The summed E-state index contributed by atoms with van der Waals surface area (Å²) in [4.78, 5) is 27.4. The number of hydrogen-bond acceptors (Lipinski definition) is 6. The number of fused-ring (bicyclic) bond motifs is 1. The highest BCUT2D eigenvalue weighted by Crippen LogP contribution is 2.26. The number of carbonyl (C=O) groups is 1. The molecule has 11 heteroatoms. The molecule has 0 unspecified atom stereocenters. The predicted molar refractivity (Wildman–Crippen MR) is 140 cm³/mol. The van der Waals surface area contributed by atoms with E-state index < -0.39 is 39.6 Å². The van der Waals surface area contributed by atoms with Crippen LogP contribution in [-0.4, -0.2) is 69.7 Å². The van der Waals surface area contributed by atoms with Crippen molar-refractivity contribution in [2.24, 2.45) is 5.92 Å². The molecule has 0 spiro atoms. The lowest BCUT2D eigenvalue weighted by molar-refractivity contribution is 0.000540. The van der Waals surface area contributed by atoms with Crippen molar-refractivity contribution in [1.82, 2.24) is 14.2 Å². The maximum Gasteiger partial charge on any atom is 0.417 e. The maximum atomic E-state index is 13.7. The summed E-state index contributed by atoms with van der Waals surface area (Å²) in [6.07, 6.45) is -2.35. The summed E-state index contributed by atoms with van der Waals surface area (Å²) >= 11 is 0. The number of aromatic nitrogens is 1. The number of H-pyrrole nitrogens is 1. The Bertz CT molecular complexity index is 1370. The SMILES string of the molecule is CC(C)CN(C[C@@H](O)[C@H](Cc1ccccc1)N(C(=O)O)C(C)(C)C)S(=O)(=O)c1ccc2[nH]c(=O)oc2c1. The molecule has 0 aliphatic heterocycles. The van der Waals surface area contributed by atoms with Crippen LogP contribution in [0.25, 0.3) is 11.1 Å². The summed E-state index contributed by atoms with van der Waals surface area (Å²) in [6.45, 7) is 8.66. The third-order valence-electron chi connectivity index (χ3n) is 5.98. The number of nitrogens with zero attached hydrogens (tertiary/aromatic N) is 2. The Morgan fingerprint density at radius 2 is 1.73 bits per heavy atom. The van der Waals surface area contributed by atoms with Crippen molar-refractivity contribution in [2.75, 3.05) is 13.1 Å². The Morgan fingerprint density at radius 3 is 2.30 bits per heavy atom. The molecule has 3 aromatic rings. The molecular formula is C26H35N3O7S. The fourth-order valence-corrected chi connectivity index (χ4v) is 6.06. The lowest BCUT2D eigenvalue weighted by Gasteiger charge is -2.42. The first-order valence-corrected chi connectivity index (χ1v) is 13.5. The summed E-state index contributed by atoms with van der Waals surface area (Å²) in [5, 5.41) is 21.5. The molecule has 2 aromatic carbocycles. The molecule has 1 aromatic heterocycles. The standard InChI is InChI=1S/C26H35N3O7S/c1-17(2)15-28(37(34,35)19-11-12-20-23(14-19)36-24(31)27-20)16-22(30)21(13-18-9-7-6-8-10-18)29(25(32)33)26(3,4)5/h6-12,14,17,21-22,30H,13,15-16H2,1-5H3,(H,27,31)(H,32,33)/t21-,22+/m0/s1. The van der Waals surface area contributed by atoms with Gasteiger partial charge in [0.05, 0.1) is 22.6 Å². The van der Waals surface area contributed by atoms with Gasteiger partial charge in [-0.1, -0.05) is 44.2 Å². The highest BCUT2D eigenvalue weighted by Gasteiger charge is 2.39. The molecule has 2 atom stereocenters. The minimum Gasteiger partial charge on any atom is -0.465 e. The molecule has 10 nitrogen and oxygen atoms in total. The fourth-order valence-electron chi connectivity index (χ4n) is 4.42. The van der Waals surface area contributed by atoms with Gasteiger partial charge in [0.15, 0.2) is 5.58 Å². The van der Waals surface area contributed by atoms with Gasteiger partial charge in [0.25, 0.3) is 0 Å². The zero-order valence-electron chi connectivity index (χ0n) is 21.7. The van der Waals surface area contributed by atoms with E-state index in [1.54, 1.807) is 20.8 Å². The summed E-state index contributed by atoms with van der Waals surface area (Å²) in [7, 11) is -4.13. The Labute approximate surface area is 216 Å². The lowest BCUT2D eigenvalue weighted by Crippen LogP contribution is -2.58. The van der Waals surface area contributed by atoms with Crippen LogP contribution in [0.2, 0.25) is 0 Å². The largest absolute Gasteiger partial charge is 0.465 e. The number of nitrogens with one attached hydrogen (secondary N) is 1. The van der Waals surface area contributed by atoms with E-state index in [0.717, 1.165) is 9.87 Å². The Hall–Kier alpha value is -3.15. The smallest absolute Gasteiger partial charge is 0.417 e. The first-order valence-electron chi connectivity index (χ1n) is 12.1. The van der Waals surface area contributed by atoms with Gasteiger partial charge < -0.3 is 14.6 Å². The van der Waals surface area contributed by atoms with Gasteiger partial charge in [-0.2, -0.15) is 4.31 Å². The van der Waals surface area contributed by atoms with Gasteiger partial charge in [0.2, 0.25) is 10.0 Å². The first kappa shape index (κ1) is 28.4. The molecule has 0 saturated carbocycles. The number of hydrogen-bond donors (Lipinski definition) is 3. The van der Waals surface area contributed by atoms with Gasteiger partial charge in [-0.05, 0) is 50.8 Å². The Morgan fingerprint density at radius 1 is 1.08 bits per heavy atom. The van der Waals surface area contributed by atoms with Gasteiger partial charge in [0, 0.05) is 24.7 Å². The van der Waals surface area contributed by atoms with E-state index in [4.69, 9.17) is 4.42 Å². The second-order valence-corrected chi connectivity index (χ2v) is 12.5. The van der Waals surface area contributed by atoms with Crippen LogP contribution >= 0.6 is 0 Å². The van der Waals surface area contributed by atoms with Crippen LogP contribution in [0.5, 0.6) is 0 Å². The Balaban J connectivity index is 2.01. The normalized spacial score (nSPS) is 14.3. The number of aliphatic hydroxyl groups excluding tert-OH is 1. The zero-order chi connectivity index (χ0) is 27.5. The van der Waals surface area contributed by atoms with Gasteiger partial charge in [-0.3, -0.25) is 9.88 Å².